The summed E-state index contributed by atoms with van der Waals surface area (Å²) >= 11 is 6.13. The third kappa shape index (κ3) is 4.75. The number of amides is 1. The van der Waals surface area contributed by atoms with E-state index >= 15 is 0 Å². The van der Waals surface area contributed by atoms with Gasteiger partial charge in [0.2, 0.25) is 0 Å². The third-order valence-corrected chi connectivity index (χ3v) is 5.62. The van der Waals surface area contributed by atoms with Crippen LogP contribution in [0.4, 0.5) is 0 Å². The largest absolute Gasteiger partial charge is 0.481 e. The summed E-state index contributed by atoms with van der Waals surface area (Å²) in [6.07, 6.45) is 0.890. The van der Waals surface area contributed by atoms with Crippen LogP contribution in [0.1, 0.15) is 24.2 Å². The molecule has 2 N–H and O–H groups in total. The molecule has 1 aliphatic rings. The van der Waals surface area contributed by atoms with Crippen molar-refractivity contribution in [3.63, 3.8) is 0 Å². The second-order valence-corrected chi connectivity index (χ2v) is 8.08. The number of hydrogen-bond acceptors (Lipinski definition) is 6. The van der Waals surface area contributed by atoms with Gasteiger partial charge in [0.05, 0.1) is 4.91 Å². The minimum Gasteiger partial charge on any atom is -0.481 e. The Labute approximate surface area is 176 Å². The highest BCUT2D eigenvalue weighted by Crippen LogP contribution is 2.35. The standard InChI is InChI=1S/C20H17NO6S2/c1-11-2-4-12(5-3-11)15-8-6-13(27-15)10-16-18(24)21(20(28)29-16)14(19(25)26)7-9-17(22)23/h2-6,8,10,14H,7,9H2,1H3,(H,22,23)(H,25,26)/b16-10+/t14-/m0/s1. The van der Waals surface area contributed by atoms with Gasteiger partial charge in [-0.05, 0) is 25.5 Å². The van der Waals surface area contributed by atoms with Crippen LogP contribution in [0.3, 0.4) is 0 Å². The molecule has 0 bridgehead atoms. The van der Waals surface area contributed by atoms with Gasteiger partial charge in [0.25, 0.3) is 5.91 Å². The Balaban J connectivity index is 1.81. The summed E-state index contributed by atoms with van der Waals surface area (Å²) in [7, 11) is 0. The van der Waals surface area contributed by atoms with Crippen LogP contribution in [0.15, 0.2) is 45.7 Å². The topological polar surface area (TPSA) is 108 Å². The summed E-state index contributed by atoms with van der Waals surface area (Å²) in [4.78, 5) is 36.2. The first-order valence-corrected chi connectivity index (χ1v) is 9.87. The fraction of sp³-hybridized carbons (Fsp3) is 0.200. The number of thioether (sulfide) groups is 1. The third-order valence-electron chi connectivity index (χ3n) is 4.29. The van der Waals surface area contributed by atoms with E-state index in [1.54, 1.807) is 12.1 Å². The van der Waals surface area contributed by atoms with Gasteiger partial charge in [0, 0.05) is 18.1 Å². The number of carbonyl (C=O) groups excluding carboxylic acids is 1. The molecule has 0 radical (unpaired) electrons. The number of hydrogen-bond donors (Lipinski definition) is 2. The van der Waals surface area contributed by atoms with Gasteiger partial charge in [-0.2, -0.15) is 0 Å². The first-order valence-electron chi connectivity index (χ1n) is 8.65. The van der Waals surface area contributed by atoms with Gasteiger partial charge in [-0.25, -0.2) is 4.79 Å². The minimum absolute atomic E-state index is 0.0735. The van der Waals surface area contributed by atoms with E-state index in [4.69, 9.17) is 21.7 Å². The van der Waals surface area contributed by atoms with E-state index in [1.807, 2.05) is 31.2 Å². The molecule has 1 amide bonds. The van der Waals surface area contributed by atoms with Crippen molar-refractivity contribution < 1.29 is 29.0 Å². The average molecular weight is 431 g/mol. The Morgan fingerprint density at radius 1 is 1.21 bits per heavy atom. The second kappa shape index (κ2) is 8.62. The van der Waals surface area contributed by atoms with Gasteiger partial charge in [-0.1, -0.05) is 53.8 Å². The monoisotopic (exact) mass is 431 g/mol. The molecule has 2 heterocycles. The van der Waals surface area contributed by atoms with E-state index in [0.717, 1.165) is 27.8 Å². The fourth-order valence-corrected chi connectivity index (χ4v) is 4.14. The Kier molecular flexibility index (Phi) is 6.19. The van der Waals surface area contributed by atoms with E-state index in [-0.39, 0.29) is 22.1 Å². The lowest BCUT2D eigenvalue weighted by atomic mass is 10.1. The quantitative estimate of drug-likeness (QED) is 0.504. The zero-order valence-electron chi connectivity index (χ0n) is 15.3. The highest BCUT2D eigenvalue weighted by Gasteiger charge is 2.40. The molecule has 2 aromatic rings. The molecule has 1 aromatic carbocycles. The lowest BCUT2D eigenvalue weighted by Gasteiger charge is -2.22. The number of carboxylic acids is 2. The Bertz CT molecular complexity index is 1010. The van der Waals surface area contributed by atoms with E-state index in [9.17, 15) is 19.5 Å². The van der Waals surface area contributed by atoms with Crippen LogP contribution in [-0.4, -0.2) is 43.3 Å². The van der Waals surface area contributed by atoms with Crippen LogP contribution in [0, 0.1) is 6.92 Å². The van der Waals surface area contributed by atoms with Gasteiger partial charge in [0.1, 0.15) is 21.9 Å². The van der Waals surface area contributed by atoms with Gasteiger partial charge in [-0.15, -0.1) is 0 Å². The number of benzene rings is 1. The number of rotatable bonds is 7. The first kappa shape index (κ1) is 20.8. The molecule has 1 aromatic heterocycles. The van der Waals surface area contributed by atoms with Gasteiger partial charge in [0.15, 0.2) is 0 Å². The number of carboxylic acid groups (broad SMARTS) is 2. The number of nitrogens with zero attached hydrogens (tertiary/aromatic N) is 1. The zero-order chi connectivity index (χ0) is 21.1. The van der Waals surface area contributed by atoms with Crippen LogP contribution in [-0.2, 0) is 14.4 Å². The molecular weight excluding hydrogens is 414 g/mol. The molecule has 1 fully saturated rings. The molecule has 7 nitrogen and oxygen atoms in total. The predicted octanol–water partition coefficient (Wildman–Crippen LogP) is 3.77. The van der Waals surface area contributed by atoms with Crippen molar-refractivity contribution in [3.8, 4) is 11.3 Å². The molecular formula is C20H17NO6S2. The number of carbonyl (C=O) groups is 3. The summed E-state index contributed by atoms with van der Waals surface area (Å²) in [6.45, 7) is 1.99. The Morgan fingerprint density at radius 3 is 2.52 bits per heavy atom. The molecule has 1 aliphatic heterocycles. The maximum absolute atomic E-state index is 12.7. The number of furan rings is 1. The van der Waals surface area contributed by atoms with E-state index < -0.39 is 23.9 Å². The summed E-state index contributed by atoms with van der Waals surface area (Å²) < 4.78 is 5.85. The molecule has 3 rings (SSSR count). The average Bonchev–Trinajstić information content (AvgIpc) is 3.22. The molecule has 150 valence electrons. The predicted molar refractivity (Wildman–Crippen MR) is 112 cm³/mol. The van der Waals surface area contributed by atoms with Crippen molar-refractivity contribution >= 4 is 52.2 Å². The van der Waals surface area contributed by atoms with Crippen LogP contribution < -0.4 is 0 Å². The number of thiocarbonyl (C=S) groups is 1. The van der Waals surface area contributed by atoms with Gasteiger partial charge in [-0.3, -0.25) is 14.5 Å². The van der Waals surface area contributed by atoms with Gasteiger partial charge < -0.3 is 14.6 Å². The lowest BCUT2D eigenvalue weighted by Crippen LogP contribution is -2.44. The first-order chi connectivity index (χ1) is 13.8. The number of aryl methyl sites for hydroxylation is 1. The molecule has 0 unspecified atom stereocenters. The summed E-state index contributed by atoms with van der Waals surface area (Å²) in [5.41, 5.74) is 2.02. The normalized spacial score (nSPS) is 16.4. The van der Waals surface area contributed by atoms with Crippen molar-refractivity contribution in [3.05, 3.63) is 52.6 Å². The van der Waals surface area contributed by atoms with Crippen molar-refractivity contribution in [1.82, 2.24) is 4.90 Å². The zero-order valence-corrected chi connectivity index (χ0v) is 17.0. The van der Waals surface area contributed by atoms with Crippen LogP contribution in [0.5, 0.6) is 0 Å². The molecule has 9 heteroatoms. The smallest absolute Gasteiger partial charge is 0.326 e. The van der Waals surface area contributed by atoms with E-state index in [0.29, 0.717) is 11.5 Å². The summed E-state index contributed by atoms with van der Waals surface area (Å²) in [5, 5.41) is 18.2. The molecule has 0 saturated carbocycles. The van der Waals surface area contributed by atoms with Crippen molar-refractivity contribution in [2.75, 3.05) is 0 Å². The SMILES string of the molecule is Cc1ccc(-c2ccc(/C=C3/SC(=S)N([C@@H](CCC(=O)O)C(=O)O)C3=O)o2)cc1. The van der Waals surface area contributed by atoms with Crippen LogP contribution in [0.25, 0.3) is 17.4 Å². The maximum atomic E-state index is 12.7. The van der Waals surface area contributed by atoms with Crippen molar-refractivity contribution in [2.24, 2.45) is 0 Å². The molecule has 0 spiro atoms. The van der Waals surface area contributed by atoms with Crippen molar-refractivity contribution in [1.29, 1.82) is 0 Å². The maximum Gasteiger partial charge on any atom is 0.326 e. The van der Waals surface area contributed by atoms with Crippen molar-refractivity contribution in [2.45, 2.75) is 25.8 Å². The molecule has 1 saturated heterocycles. The highest BCUT2D eigenvalue weighted by molar-refractivity contribution is 8.26. The molecule has 29 heavy (non-hydrogen) atoms. The Morgan fingerprint density at radius 2 is 1.90 bits per heavy atom. The number of aliphatic carboxylic acids is 2. The lowest BCUT2D eigenvalue weighted by molar-refractivity contribution is -0.146. The van der Waals surface area contributed by atoms with Crippen LogP contribution >= 0.6 is 24.0 Å². The summed E-state index contributed by atoms with van der Waals surface area (Å²) in [6, 6.07) is 9.95. The highest BCUT2D eigenvalue weighted by atomic mass is 32.2. The Hall–Kier alpha value is -2.91. The molecule has 1 atom stereocenters. The van der Waals surface area contributed by atoms with Gasteiger partial charge >= 0.3 is 11.9 Å². The summed E-state index contributed by atoms with van der Waals surface area (Å²) in [5.74, 6) is -1.96. The fourth-order valence-electron chi connectivity index (χ4n) is 2.80. The van der Waals surface area contributed by atoms with E-state index in [2.05, 4.69) is 0 Å². The second-order valence-electron chi connectivity index (χ2n) is 6.41. The molecule has 0 aliphatic carbocycles. The van der Waals surface area contributed by atoms with Crippen LogP contribution in [0.2, 0.25) is 0 Å². The van der Waals surface area contributed by atoms with E-state index in [1.165, 1.54) is 6.08 Å². The minimum atomic E-state index is -1.33.